The summed E-state index contributed by atoms with van der Waals surface area (Å²) in [6, 6.07) is 12.4. The molecule has 0 saturated heterocycles. The first-order valence-electron chi connectivity index (χ1n) is 9.48. The number of amides is 2. The highest BCUT2D eigenvalue weighted by Crippen LogP contribution is 2.14. The molecule has 1 atom stereocenters. The van der Waals surface area contributed by atoms with E-state index in [9.17, 15) is 14.4 Å². The summed E-state index contributed by atoms with van der Waals surface area (Å²) in [5.41, 5.74) is 1.61. The Kier molecular flexibility index (Phi) is 7.41. The van der Waals surface area contributed by atoms with E-state index in [1.54, 1.807) is 20.8 Å². The lowest BCUT2D eigenvalue weighted by Gasteiger charge is -2.23. The fourth-order valence-electron chi connectivity index (χ4n) is 2.63. The number of alkyl carbamates (subject to hydrolysis) is 1. The molecule has 0 aliphatic heterocycles. The third-order valence-corrected chi connectivity index (χ3v) is 4.09. The molecule has 0 spiro atoms. The first kappa shape index (κ1) is 22.7. The van der Waals surface area contributed by atoms with Crippen molar-refractivity contribution in [3.8, 4) is 0 Å². The van der Waals surface area contributed by atoms with Gasteiger partial charge in [-0.2, -0.15) is 0 Å². The smallest absolute Gasteiger partial charge is 0.408 e. The molecular formula is C22H27N3O5. The van der Waals surface area contributed by atoms with Crippen LogP contribution in [0.3, 0.4) is 0 Å². The van der Waals surface area contributed by atoms with Gasteiger partial charge in [-0.3, -0.25) is 4.79 Å². The van der Waals surface area contributed by atoms with E-state index in [4.69, 9.17) is 9.84 Å². The van der Waals surface area contributed by atoms with Crippen LogP contribution in [0.1, 0.15) is 36.7 Å². The predicted octanol–water partition coefficient (Wildman–Crippen LogP) is 3.50. The van der Waals surface area contributed by atoms with Crippen molar-refractivity contribution in [2.24, 2.45) is 0 Å². The fraction of sp³-hybridized carbons (Fsp3) is 0.318. The number of hydrogen-bond acceptors (Lipinski definition) is 5. The van der Waals surface area contributed by atoms with Gasteiger partial charge in [0.25, 0.3) is 0 Å². The van der Waals surface area contributed by atoms with Crippen molar-refractivity contribution in [3.05, 3.63) is 59.7 Å². The third kappa shape index (κ3) is 7.12. The highest BCUT2D eigenvalue weighted by Gasteiger charge is 2.25. The van der Waals surface area contributed by atoms with Gasteiger partial charge in [0.2, 0.25) is 5.91 Å². The number of aromatic carboxylic acids is 1. The minimum Gasteiger partial charge on any atom is -0.478 e. The molecule has 8 nitrogen and oxygen atoms in total. The summed E-state index contributed by atoms with van der Waals surface area (Å²) in [7, 11) is 1.81. The largest absolute Gasteiger partial charge is 0.478 e. The third-order valence-electron chi connectivity index (χ3n) is 4.09. The van der Waals surface area contributed by atoms with Gasteiger partial charge in [0.1, 0.15) is 11.6 Å². The van der Waals surface area contributed by atoms with E-state index in [2.05, 4.69) is 16.0 Å². The average Bonchev–Trinajstić information content (AvgIpc) is 2.67. The Balaban J connectivity index is 2.16. The normalized spacial score (nSPS) is 11.9. The lowest BCUT2D eigenvalue weighted by molar-refractivity contribution is -0.118. The van der Waals surface area contributed by atoms with E-state index in [1.807, 2.05) is 31.3 Å². The van der Waals surface area contributed by atoms with Crippen LogP contribution in [0.2, 0.25) is 0 Å². The molecule has 0 aliphatic carbocycles. The molecule has 30 heavy (non-hydrogen) atoms. The number of benzene rings is 2. The summed E-state index contributed by atoms with van der Waals surface area (Å²) in [6.45, 7) is 5.21. The van der Waals surface area contributed by atoms with Crippen molar-refractivity contribution in [1.82, 2.24) is 5.32 Å². The van der Waals surface area contributed by atoms with Gasteiger partial charge in [0, 0.05) is 24.8 Å². The summed E-state index contributed by atoms with van der Waals surface area (Å²) >= 11 is 0. The topological polar surface area (TPSA) is 117 Å². The van der Waals surface area contributed by atoms with Crippen LogP contribution in [0.4, 0.5) is 16.2 Å². The lowest BCUT2D eigenvalue weighted by atomic mass is 10.0. The van der Waals surface area contributed by atoms with Crippen LogP contribution in [-0.2, 0) is 16.0 Å². The second-order valence-corrected chi connectivity index (χ2v) is 7.72. The van der Waals surface area contributed by atoms with E-state index < -0.39 is 29.6 Å². The van der Waals surface area contributed by atoms with Crippen molar-refractivity contribution in [2.75, 3.05) is 17.7 Å². The maximum Gasteiger partial charge on any atom is 0.408 e. The molecule has 2 rings (SSSR count). The van der Waals surface area contributed by atoms with Gasteiger partial charge in [0.05, 0.1) is 5.56 Å². The molecule has 0 bridgehead atoms. The number of carboxylic acid groups (broad SMARTS) is 1. The maximum absolute atomic E-state index is 12.8. The Morgan fingerprint density at radius 3 is 2.03 bits per heavy atom. The summed E-state index contributed by atoms with van der Waals surface area (Å²) in [4.78, 5) is 36.1. The highest BCUT2D eigenvalue weighted by molar-refractivity contribution is 5.97. The van der Waals surface area contributed by atoms with Gasteiger partial charge in [-0.1, -0.05) is 12.1 Å². The standard InChI is InChI=1S/C22H27N3O5/c1-22(2,3)30-21(29)25-18(13-14-5-9-16(23-4)10-6-14)19(26)24-17-11-7-15(8-12-17)20(27)28/h5-12,18,23H,13H2,1-4H3,(H,24,26)(H,25,29)(H,27,28)/t18-/m0/s1. The van der Waals surface area contributed by atoms with Gasteiger partial charge < -0.3 is 25.8 Å². The van der Waals surface area contributed by atoms with Crippen LogP contribution in [-0.4, -0.2) is 41.8 Å². The van der Waals surface area contributed by atoms with Crippen molar-refractivity contribution in [2.45, 2.75) is 38.8 Å². The number of carbonyl (C=O) groups is 3. The van der Waals surface area contributed by atoms with Crippen LogP contribution >= 0.6 is 0 Å². The van der Waals surface area contributed by atoms with Crippen LogP contribution in [0.15, 0.2) is 48.5 Å². The summed E-state index contributed by atoms with van der Waals surface area (Å²) in [5.74, 6) is -1.50. The predicted molar refractivity (Wildman–Crippen MR) is 115 cm³/mol. The molecule has 0 fully saturated rings. The quantitative estimate of drug-likeness (QED) is 0.552. The first-order chi connectivity index (χ1) is 14.1. The van der Waals surface area contributed by atoms with Gasteiger partial charge >= 0.3 is 12.1 Å². The van der Waals surface area contributed by atoms with Crippen molar-refractivity contribution >= 4 is 29.3 Å². The van der Waals surface area contributed by atoms with Crippen LogP contribution in [0, 0.1) is 0 Å². The van der Waals surface area contributed by atoms with Gasteiger partial charge in [-0.25, -0.2) is 9.59 Å². The molecule has 2 aromatic rings. The molecule has 0 radical (unpaired) electrons. The number of anilines is 2. The van der Waals surface area contributed by atoms with Crippen LogP contribution < -0.4 is 16.0 Å². The Bertz CT molecular complexity index is 886. The number of carbonyl (C=O) groups excluding carboxylic acids is 2. The van der Waals surface area contributed by atoms with Gasteiger partial charge in [-0.05, 0) is 62.7 Å². The second-order valence-electron chi connectivity index (χ2n) is 7.72. The zero-order valence-electron chi connectivity index (χ0n) is 17.5. The maximum atomic E-state index is 12.8. The van der Waals surface area contributed by atoms with Crippen LogP contribution in [0.5, 0.6) is 0 Å². The van der Waals surface area contributed by atoms with E-state index in [-0.39, 0.29) is 12.0 Å². The highest BCUT2D eigenvalue weighted by atomic mass is 16.6. The Labute approximate surface area is 175 Å². The zero-order valence-corrected chi connectivity index (χ0v) is 17.5. The van der Waals surface area contributed by atoms with E-state index >= 15 is 0 Å². The second kappa shape index (κ2) is 9.78. The SMILES string of the molecule is CNc1ccc(C[C@H](NC(=O)OC(C)(C)C)C(=O)Nc2ccc(C(=O)O)cc2)cc1. The van der Waals surface area contributed by atoms with E-state index in [0.717, 1.165) is 11.3 Å². The lowest BCUT2D eigenvalue weighted by Crippen LogP contribution is -2.47. The molecule has 0 aliphatic rings. The summed E-state index contributed by atoms with van der Waals surface area (Å²) < 4.78 is 5.28. The Hall–Kier alpha value is -3.55. The number of ether oxygens (including phenoxy) is 1. The number of rotatable bonds is 7. The van der Waals surface area contributed by atoms with E-state index in [0.29, 0.717) is 5.69 Å². The molecule has 2 amide bonds. The summed E-state index contributed by atoms with van der Waals surface area (Å²) in [5, 5.41) is 17.3. The molecule has 4 N–H and O–H groups in total. The molecule has 0 unspecified atom stereocenters. The zero-order chi connectivity index (χ0) is 22.3. The average molecular weight is 413 g/mol. The molecule has 160 valence electrons. The molecular weight excluding hydrogens is 386 g/mol. The van der Waals surface area contributed by atoms with Crippen LogP contribution in [0.25, 0.3) is 0 Å². The number of hydrogen-bond donors (Lipinski definition) is 4. The molecule has 2 aromatic carbocycles. The molecule has 0 aromatic heterocycles. The van der Waals surface area contributed by atoms with Crippen molar-refractivity contribution in [3.63, 3.8) is 0 Å². The number of carboxylic acids is 1. The van der Waals surface area contributed by atoms with Gasteiger partial charge in [-0.15, -0.1) is 0 Å². The Morgan fingerprint density at radius 2 is 1.53 bits per heavy atom. The fourth-order valence-corrected chi connectivity index (χ4v) is 2.63. The van der Waals surface area contributed by atoms with E-state index in [1.165, 1.54) is 24.3 Å². The monoisotopic (exact) mass is 413 g/mol. The minimum atomic E-state index is -1.05. The molecule has 8 heteroatoms. The number of nitrogens with one attached hydrogen (secondary N) is 3. The van der Waals surface area contributed by atoms with Crippen molar-refractivity contribution in [1.29, 1.82) is 0 Å². The Morgan fingerprint density at radius 1 is 0.967 bits per heavy atom. The first-order valence-corrected chi connectivity index (χ1v) is 9.48. The van der Waals surface area contributed by atoms with Crippen molar-refractivity contribution < 1.29 is 24.2 Å². The minimum absolute atomic E-state index is 0.112. The van der Waals surface area contributed by atoms with Gasteiger partial charge in [0.15, 0.2) is 0 Å². The molecule has 0 heterocycles. The summed E-state index contributed by atoms with van der Waals surface area (Å²) in [6.07, 6.45) is -0.446. The molecule has 0 saturated carbocycles.